The van der Waals surface area contributed by atoms with Crippen molar-refractivity contribution in [3.63, 3.8) is 0 Å². The van der Waals surface area contributed by atoms with Crippen molar-refractivity contribution in [2.45, 2.75) is 77.7 Å². The van der Waals surface area contributed by atoms with Gasteiger partial charge < -0.3 is 24.7 Å². The molecule has 0 amide bonds. The van der Waals surface area contributed by atoms with E-state index < -0.39 is 0 Å². The van der Waals surface area contributed by atoms with Gasteiger partial charge in [-0.3, -0.25) is 4.90 Å². The van der Waals surface area contributed by atoms with Crippen molar-refractivity contribution in [1.82, 2.24) is 30.3 Å². The Hall–Kier alpha value is -0.980. The number of nitrogens with one attached hydrogen (secondary N) is 2. The first-order chi connectivity index (χ1) is 15.0. The number of hydrogen-bond donors (Lipinski definition) is 2. The van der Waals surface area contributed by atoms with Crippen LogP contribution in [0.5, 0.6) is 0 Å². The van der Waals surface area contributed by atoms with Crippen LogP contribution in [-0.2, 0) is 23.1 Å². The molecule has 3 rings (SSSR count). The largest absolute Gasteiger partial charge is 0.379 e. The summed E-state index contributed by atoms with van der Waals surface area (Å²) >= 11 is 0. The van der Waals surface area contributed by atoms with Gasteiger partial charge in [0.15, 0.2) is 11.8 Å². The molecule has 2 heterocycles. The highest BCUT2D eigenvalue weighted by molar-refractivity contribution is 14.0. The number of rotatable bonds is 9. The lowest BCUT2D eigenvalue weighted by atomic mass is 9.93. The maximum Gasteiger partial charge on any atom is 0.191 e. The predicted molar refractivity (Wildman–Crippen MR) is 138 cm³/mol. The van der Waals surface area contributed by atoms with Crippen molar-refractivity contribution in [2.24, 2.45) is 12.0 Å². The maximum atomic E-state index is 6.00. The number of nitrogens with zero attached hydrogens (tertiary/aromatic N) is 5. The van der Waals surface area contributed by atoms with Gasteiger partial charge in [-0.25, -0.2) is 4.99 Å². The zero-order chi connectivity index (χ0) is 22.1. The third kappa shape index (κ3) is 9.11. The summed E-state index contributed by atoms with van der Waals surface area (Å²) in [6.07, 6.45) is 6.18. The van der Waals surface area contributed by atoms with E-state index in [0.717, 1.165) is 89.1 Å². The molecule has 0 unspecified atom stereocenters. The molecular weight excluding hydrogens is 521 g/mol. The summed E-state index contributed by atoms with van der Waals surface area (Å²) in [6.45, 7) is 12.5. The second-order valence-corrected chi connectivity index (χ2v) is 8.92. The van der Waals surface area contributed by atoms with E-state index >= 15 is 0 Å². The number of aryl methyl sites for hydroxylation is 1. The average Bonchev–Trinajstić information content (AvgIpc) is 3.08. The molecule has 1 aliphatic heterocycles. The number of halogens is 1. The van der Waals surface area contributed by atoms with Crippen LogP contribution < -0.4 is 10.6 Å². The Labute approximate surface area is 210 Å². The van der Waals surface area contributed by atoms with Gasteiger partial charge in [0.25, 0.3) is 0 Å². The summed E-state index contributed by atoms with van der Waals surface area (Å²) in [5.41, 5.74) is 0. The van der Waals surface area contributed by atoms with Crippen LogP contribution in [-0.4, -0.2) is 83.3 Å². The van der Waals surface area contributed by atoms with Crippen molar-refractivity contribution in [3.05, 3.63) is 11.6 Å². The molecule has 2 N–H and O–H groups in total. The molecule has 1 saturated heterocycles. The molecule has 32 heavy (non-hydrogen) atoms. The fraction of sp³-hybridized carbons (Fsp3) is 0.864. The number of aromatic nitrogens is 3. The molecule has 184 valence electrons. The number of morpholine rings is 1. The van der Waals surface area contributed by atoms with E-state index in [1.165, 1.54) is 0 Å². The first-order valence-corrected chi connectivity index (χ1v) is 11.9. The number of aliphatic imine (C=N–C) groups is 1. The Bertz CT molecular complexity index is 684. The van der Waals surface area contributed by atoms with Crippen LogP contribution in [0.1, 0.15) is 57.6 Å². The summed E-state index contributed by atoms with van der Waals surface area (Å²) in [5.74, 6) is 2.65. The number of hydrogen-bond acceptors (Lipinski definition) is 6. The third-order valence-electron chi connectivity index (χ3n) is 6.09. The fourth-order valence-corrected chi connectivity index (χ4v) is 4.15. The molecule has 0 bridgehead atoms. The second kappa shape index (κ2) is 14.3. The lowest BCUT2D eigenvalue weighted by Crippen LogP contribution is -2.46. The van der Waals surface area contributed by atoms with Gasteiger partial charge in [-0.15, -0.1) is 34.2 Å². The Morgan fingerprint density at radius 2 is 1.91 bits per heavy atom. The molecule has 1 aliphatic carbocycles. The van der Waals surface area contributed by atoms with Gasteiger partial charge in [-0.2, -0.15) is 0 Å². The molecule has 0 spiro atoms. The number of guanidine groups is 1. The summed E-state index contributed by atoms with van der Waals surface area (Å²) in [6, 6.07) is 0.429. The van der Waals surface area contributed by atoms with Crippen LogP contribution in [0.4, 0.5) is 0 Å². The summed E-state index contributed by atoms with van der Waals surface area (Å²) in [5, 5.41) is 15.6. The molecule has 0 aromatic carbocycles. The van der Waals surface area contributed by atoms with Crippen LogP contribution in [0, 0.1) is 6.92 Å². The maximum absolute atomic E-state index is 6.00. The van der Waals surface area contributed by atoms with Gasteiger partial charge in [0, 0.05) is 32.7 Å². The lowest BCUT2D eigenvalue weighted by Gasteiger charge is -2.31. The summed E-state index contributed by atoms with van der Waals surface area (Å²) in [4.78, 5) is 7.29. The molecule has 1 aromatic heterocycles. The van der Waals surface area contributed by atoms with E-state index in [0.29, 0.717) is 24.8 Å². The molecular formula is C22H42IN7O2. The average molecular weight is 564 g/mol. The van der Waals surface area contributed by atoms with Crippen LogP contribution in [0.25, 0.3) is 0 Å². The van der Waals surface area contributed by atoms with Crippen LogP contribution in [0.15, 0.2) is 4.99 Å². The highest BCUT2D eigenvalue weighted by Crippen LogP contribution is 2.22. The van der Waals surface area contributed by atoms with Gasteiger partial charge in [-0.05, 0) is 59.4 Å². The third-order valence-corrected chi connectivity index (χ3v) is 6.09. The molecule has 0 atom stereocenters. The topological polar surface area (TPSA) is 88.8 Å². The molecule has 1 aromatic rings. The monoisotopic (exact) mass is 563 g/mol. The Morgan fingerprint density at radius 3 is 2.53 bits per heavy atom. The van der Waals surface area contributed by atoms with E-state index in [1.807, 2.05) is 18.5 Å². The normalized spacial score (nSPS) is 22.6. The molecule has 9 nitrogen and oxygen atoms in total. The van der Waals surface area contributed by atoms with E-state index in [1.54, 1.807) is 0 Å². The quantitative estimate of drug-likeness (QED) is 0.206. The smallest absolute Gasteiger partial charge is 0.191 e. The van der Waals surface area contributed by atoms with Crippen molar-refractivity contribution in [2.75, 3.05) is 39.4 Å². The standard InChI is InChI=1S/C22H41N7O2.HI/c1-17(2)31-20-8-6-19(7-9-20)25-22(24-16-21-27-26-18(3)28(21)4)23-10-5-11-29-12-14-30-15-13-29;/h17,19-20H,5-16H2,1-4H3,(H2,23,24,25);1H. The minimum Gasteiger partial charge on any atom is -0.379 e. The van der Waals surface area contributed by atoms with Gasteiger partial charge in [0.1, 0.15) is 12.4 Å². The molecule has 0 radical (unpaired) electrons. The summed E-state index contributed by atoms with van der Waals surface area (Å²) < 4.78 is 13.4. The van der Waals surface area contributed by atoms with E-state index in [2.05, 4.69) is 39.6 Å². The Kier molecular flexibility index (Phi) is 12.2. The van der Waals surface area contributed by atoms with E-state index in [-0.39, 0.29) is 24.0 Å². The minimum absolute atomic E-state index is 0. The number of ether oxygens (including phenoxy) is 2. The zero-order valence-electron chi connectivity index (χ0n) is 20.2. The molecule has 10 heteroatoms. The minimum atomic E-state index is 0. The van der Waals surface area contributed by atoms with Crippen LogP contribution >= 0.6 is 24.0 Å². The van der Waals surface area contributed by atoms with Gasteiger partial charge in [-0.1, -0.05) is 0 Å². The van der Waals surface area contributed by atoms with E-state index in [4.69, 9.17) is 14.5 Å². The molecule has 2 aliphatic rings. The van der Waals surface area contributed by atoms with E-state index in [9.17, 15) is 0 Å². The fourth-order valence-electron chi connectivity index (χ4n) is 4.15. The Morgan fingerprint density at radius 1 is 1.19 bits per heavy atom. The Balaban J connectivity index is 0.00000363. The second-order valence-electron chi connectivity index (χ2n) is 8.92. The first-order valence-electron chi connectivity index (χ1n) is 11.9. The van der Waals surface area contributed by atoms with Gasteiger partial charge in [0.05, 0.1) is 25.4 Å². The zero-order valence-corrected chi connectivity index (χ0v) is 22.5. The van der Waals surface area contributed by atoms with Crippen LogP contribution in [0.3, 0.4) is 0 Å². The SMILES string of the molecule is Cc1nnc(CN=C(NCCCN2CCOCC2)NC2CCC(OC(C)C)CC2)n1C.I. The molecule has 1 saturated carbocycles. The lowest BCUT2D eigenvalue weighted by molar-refractivity contribution is -0.0152. The highest BCUT2D eigenvalue weighted by Gasteiger charge is 2.23. The van der Waals surface area contributed by atoms with Crippen molar-refractivity contribution < 1.29 is 9.47 Å². The van der Waals surface area contributed by atoms with Crippen molar-refractivity contribution in [1.29, 1.82) is 0 Å². The molecule has 2 fully saturated rings. The first kappa shape index (κ1) is 27.3. The van der Waals surface area contributed by atoms with Gasteiger partial charge >= 0.3 is 0 Å². The highest BCUT2D eigenvalue weighted by atomic mass is 127. The predicted octanol–water partition coefficient (Wildman–Crippen LogP) is 2.24. The van der Waals surface area contributed by atoms with Crippen molar-refractivity contribution in [3.8, 4) is 0 Å². The van der Waals surface area contributed by atoms with Crippen molar-refractivity contribution >= 4 is 29.9 Å². The van der Waals surface area contributed by atoms with Crippen LogP contribution in [0.2, 0.25) is 0 Å². The summed E-state index contributed by atoms with van der Waals surface area (Å²) in [7, 11) is 1.99. The van der Waals surface area contributed by atoms with Gasteiger partial charge in [0.2, 0.25) is 0 Å².